The average Bonchev–Trinajstić information content (AvgIpc) is 2.04. The number of rotatable bonds is 2. The molecule has 0 heterocycles. The highest BCUT2D eigenvalue weighted by molar-refractivity contribution is 14.1. The molecular weight excluding hydrogens is 299 g/mol. The molecule has 0 aliphatic rings. The minimum Gasteiger partial charge on any atom is -0.223 e. The lowest BCUT2D eigenvalue weighted by molar-refractivity contribution is 0.596. The summed E-state index contributed by atoms with van der Waals surface area (Å²) in [7, 11) is -3.11. The summed E-state index contributed by atoms with van der Waals surface area (Å²) in [6.07, 6.45) is 0. The Balaban J connectivity index is 3.17. The summed E-state index contributed by atoms with van der Waals surface area (Å²) in [5.74, 6) is 0. The third kappa shape index (κ3) is 2.43. The Morgan fingerprint density at radius 1 is 1.23 bits per heavy atom. The van der Waals surface area contributed by atoms with Gasteiger partial charge in [-0.3, -0.25) is 0 Å². The summed E-state index contributed by atoms with van der Waals surface area (Å²) < 4.78 is 22.9. The van der Waals surface area contributed by atoms with Crippen molar-refractivity contribution in [2.24, 2.45) is 0 Å². The Bertz CT molecular complexity index is 379. The van der Waals surface area contributed by atoms with E-state index in [0.717, 1.165) is 5.56 Å². The fourth-order valence-electron chi connectivity index (χ4n) is 0.915. The number of alkyl halides is 1. The third-order valence-electron chi connectivity index (χ3n) is 1.78. The smallest absolute Gasteiger partial charge is 0.190 e. The van der Waals surface area contributed by atoms with Gasteiger partial charge in [0.25, 0.3) is 0 Å². The van der Waals surface area contributed by atoms with Crippen molar-refractivity contribution < 1.29 is 8.42 Å². The third-order valence-corrected chi connectivity index (χ3v) is 5.57. The second-order valence-corrected chi connectivity index (χ2v) is 7.88. The molecule has 0 saturated carbocycles. The molecule has 4 heteroatoms. The van der Waals surface area contributed by atoms with Gasteiger partial charge in [-0.2, -0.15) is 0 Å². The van der Waals surface area contributed by atoms with Crippen LogP contribution in [-0.2, 0) is 9.84 Å². The van der Waals surface area contributed by atoms with E-state index in [0.29, 0.717) is 4.90 Å². The first-order valence-electron chi connectivity index (χ1n) is 3.89. The van der Waals surface area contributed by atoms with Crippen molar-refractivity contribution in [2.75, 3.05) is 0 Å². The molecule has 1 aromatic rings. The minimum atomic E-state index is -3.11. The van der Waals surface area contributed by atoms with Crippen molar-refractivity contribution in [2.45, 2.75) is 22.0 Å². The summed E-state index contributed by atoms with van der Waals surface area (Å²) in [5, 5.41) is 0. The summed E-state index contributed by atoms with van der Waals surface area (Å²) >= 11 is 1.91. The van der Waals surface area contributed by atoms with Crippen LogP contribution >= 0.6 is 22.6 Å². The lowest BCUT2D eigenvalue weighted by Crippen LogP contribution is -2.10. The summed E-state index contributed by atoms with van der Waals surface area (Å²) in [6.45, 7) is 3.61. The zero-order chi connectivity index (χ0) is 10.1. The second-order valence-electron chi connectivity index (χ2n) is 2.90. The van der Waals surface area contributed by atoms with Crippen LogP contribution in [0, 0.1) is 6.92 Å². The zero-order valence-corrected chi connectivity index (χ0v) is 10.5. The lowest BCUT2D eigenvalue weighted by atomic mass is 10.2. The average molecular weight is 310 g/mol. The van der Waals surface area contributed by atoms with Gasteiger partial charge < -0.3 is 0 Å². The summed E-state index contributed by atoms with van der Waals surface area (Å²) in [5.41, 5.74) is 1.07. The van der Waals surface area contributed by atoms with E-state index in [1.807, 2.05) is 41.6 Å². The van der Waals surface area contributed by atoms with Crippen molar-refractivity contribution in [1.82, 2.24) is 0 Å². The minimum absolute atomic E-state index is 0.382. The molecule has 0 aliphatic carbocycles. The van der Waals surface area contributed by atoms with Crippen LogP contribution in [0.1, 0.15) is 12.5 Å². The van der Waals surface area contributed by atoms with E-state index >= 15 is 0 Å². The standard InChI is InChI=1S/C9H11IO2S/c1-7-3-5-9(6-4-7)13(11,12)8(2)10/h3-6,8H,1-2H3. The van der Waals surface area contributed by atoms with E-state index in [1.54, 1.807) is 19.1 Å². The molecule has 0 aliphatic heterocycles. The second kappa shape index (κ2) is 3.96. The first-order valence-corrected chi connectivity index (χ1v) is 6.68. The van der Waals surface area contributed by atoms with Crippen LogP contribution in [0.25, 0.3) is 0 Å². The van der Waals surface area contributed by atoms with Crippen molar-refractivity contribution in [3.8, 4) is 0 Å². The Kier molecular flexibility index (Phi) is 3.34. The molecule has 1 atom stereocenters. The summed E-state index contributed by atoms with van der Waals surface area (Å²) in [4.78, 5) is 0.403. The van der Waals surface area contributed by atoms with Crippen LogP contribution in [0.2, 0.25) is 0 Å². The van der Waals surface area contributed by atoms with Gasteiger partial charge in [-0.15, -0.1) is 0 Å². The van der Waals surface area contributed by atoms with Crippen LogP contribution in [0.3, 0.4) is 0 Å². The van der Waals surface area contributed by atoms with Gasteiger partial charge in [0.05, 0.1) is 4.90 Å². The van der Waals surface area contributed by atoms with Crippen LogP contribution in [0.4, 0.5) is 0 Å². The highest BCUT2D eigenvalue weighted by atomic mass is 127. The van der Waals surface area contributed by atoms with Crippen molar-refractivity contribution in [3.05, 3.63) is 29.8 Å². The normalized spacial score (nSPS) is 14.1. The van der Waals surface area contributed by atoms with E-state index < -0.39 is 9.84 Å². The number of halogens is 1. The van der Waals surface area contributed by atoms with Crippen LogP contribution in [0.15, 0.2) is 29.2 Å². The highest BCUT2D eigenvalue weighted by Gasteiger charge is 2.19. The SMILES string of the molecule is Cc1ccc(S(=O)(=O)C(C)I)cc1. The molecule has 0 N–H and O–H groups in total. The molecule has 2 nitrogen and oxygen atoms in total. The van der Waals surface area contributed by atoms with Crippen molar-refractivity contribution in [3.63, 3.8) is 0 Å². The van der Waals surface area contributed by atoms with Gasteiger partial charge in [-0.05, 0) is 26.0 Å². The van der Waals surface area contributed by atoms with Crippen molar-refractivity contribution in [1.29, 1.82) is 0 Å². The molecule has 0 saturated heterocycles. The van der Waals surface area contributed by atoms with Crippen LogP contribution < -0.4 is 0 Å². The van der Waals surface area contributed by atoms with Gasteiger partial charge in [0.15, 0.2) is 9.84 Å². The van der Waals surface area contributed by atoms with Gasteiger partial charge in [0.1, 0.15) is 3.26 Å². The molecule has 72 valence electrons. The van der Waals surface area contributed by atoms with Gasteiger partial charge in [-0.25, -0.2) is 8.42 Å². The number of hydrogen-bond acceptors (Lipinski definition) is 2. The monoisotopic (exact) mass is 310 g/mol. The Morgan fingerprint density at radius 3 is 2.08 bits per heavy atom. The Hall–Kier alpha value is -0.100. The van der Waals surface area contributed by atoms with E-state index in [2.05, 4.69) is 0 Å². The topological polar surface area (TPSA) is 34.1 Å². The molecule has 1 aromatic carbocycles. The number of benzene rings is 1. The van der Waals surface area contributed by atoms with Gasteiger partial charge in [0, 0.05) is 0 Å². The number of hydrogen-bond donors (Lipinski definition) is 0. The summed E-state index contributed by atoms with van der Waals surface area (Å²) in [6, 6.07) is 6.93. The molecule has 0 radical (unpaired) electrons. The molecule has 0 fully saturated rings. The fourth-order valence-corrected chi connectivity index (χ4v) is 2.69. The molecular formula is C9H11IO2S. The Morgan fingerprint density at radius 2 is 1.69 bits per heavy atom. The van der Waals surface area contributed by atoms with Gasteiger partial charge in [0.2, 0.25) is 0 Å². The maximum atomic E-state index is 11.6. The molecule has 0 aromatic heterocycles. The Labute approximate surface area is 92.4 Å². The molecule has 13 heavy (non-hydrogen) atoms. The van der Waals surface area contributed by atoms with E-state index in [1.165, 1.54) is 0 Å². The van der Waals surface area contributed by atoms with Crippen molar-refractivity contribution >= 4 is 32.4 Å². The zero-order valence-electron chi connectivity index (χ0n) is 7.49. The predicted molar refractivity (Wildman–Crippen MR) is 61.8 cm³/mol. The molecule has 0 bridgehead atoms. The molecule has 1 rings (SSSR count). The number of sulfone groups is 1. The van der Waals surface area contributed by atoms with E-state index in [4.69, 9.17) is 0 Å². The largest absolute Gasteiger partial charge is 0.223 e. The molecule has 0 amide bonds. The maximum absolute atomic E-state index is 11.6. The highest BCUT2D eigenvalue weighted by Crippen LogP contribution is 2.20. The lowest BCUT2D eigenvalue weighted by Gasteiger charge is -2.05. The maximum Gasteiger partial charge on any atom is 0.190 e. The van der Waals surface area contributed by atoms with Gasteiger partial charge in [-0.1, -0.05) is 40.3 Å². The first-order chi connectivity index (χ1) is 5.94. The van der Waals surface area contributed by atoms with E-state index in [9.17, 15) is 8.42 Å². The quantitative estimate of drug-likeness (QED) is 0.621. The number of aryl methyl sites for hydroxylation is 1. The van der Waals surface area contributed by atoms with Crippen LogP contribution in [-0.4, -0.2) is 11.7 Å². The fraction of sp³-hybridized carbons (Fsp3) is 0.333. The van der Waals surface area contributed by atoms with Gasteiger partial charge >= 0.3 is 0 Å². The predicted octanol–water partition coefficient (Wildman–Crippen LogP) is 2.55. The van der Waals surface area contributed by atoms with Crippen LogP contribution in [0.5, 0.6) is 0 Å². The first kappa shape index (κ1) is 11.0. The molecule has 1 unspecified atom stereocenters. The van der Waals surface area contributed by atoms with E-state index in [-0.39, 0.29) is 3.26 Å². The molecule has 0 spiro atoms.